The van der Waals surface area contributed by atoms with Crippen molar-refractivity contribution in [3.8, 4) is 23.5 Å². The van der Waals surface area contributed by atoms with E-state index >= 15 is 0 Å². The van der Waals surface area contributed by atoms with Gasteiger partial charge in [0.15, 0.2) is 0 Å². The molecule has 0 atom stereocenters. The number of rotatable bonds is 4. The van der Waals surface area contributed by atoms with E-state index in [4.69, 9.17) is 26.3 Å². The Kier molecular flexibility index (Phi) is 4.34. The van der Waals surface area contributed by atoms with Gasteiger partial charge in [-0.3, -0.25) is 0 Å². The number of phenolic OH excluding ortho intramolecular Hbond substituents is 1. The van der Waals surface area contributed by atoms with Crippen molar-refractivity contribution in [1.29, 1.82) is 5.26 Å². The highest BCUT2D eigenvalue weighted by Gasteiger charge is 2.09. The molecule has 4 nitrogen and oxygen atoms in total. The zero-order chi connectivity index (χ0) is 14.5. The summed E-state index contributed by atoms with van der Waals surface area (Å²) in [6.45, 7) is 1.97. The highest BCUT2D eigenvalue weighted by atomic mass is 35.5. The van der Waals surface area contributed by atoms with Crippen LogP contribution in [0.4, 0.5) is 0 Å². The molecule has 0 amide bonds. The normalized spacial score (nSPS) is 9.85. The summed E-state index contributed by atoms with van der Waals surface area (Å²) >= 11 is 6.00. The summed E-state index contributed by atoms with van der Waals surface area (Å²) in [7, 11) is 0. The molecule has 0 aliphatic rings. The average molecular weight is 290 g/mol. The fourth-order valence-corrected chi connectivity index (χ4v) is 1.89. The molecular formula is C15H12ClNO3. The fourth-order valence-electron chi connectivity index (χ4n) is 1.68. The Morgan fingerprint density at radius 3 is 2.75 bits per heavy atom. The van der Waals surface area contributed by atoms with Crippen molar-refractivity contribution in [1.82, 2.24) is 0 Å². The van der Waals surface area contributed by atoms with Crippen LogP contribution in [0.2, 0.25) is 5.02 Å². The topological polar surface area (TPSA) is 62.5 Å². The van der Waals surface area contributed by atoms with E-state index in [1.54, 1.807) is 37.4 Å². The van der Waals surface area contributed by atoms with Crippen LogP contribution in [0, 0.1) is 18.4 Å². The van der Waals surface area contributed by atoms with Crippen molar-refractivity contribution in [2.24, 2.45) is 0 Å². The van der Waals surface area contributed by atoms with Gasteiger partial charge in [0.25, 0.3) is 6.26 Å². The third-order valence-electron chi connectivity index (χ3n) is 2.76. The number of hydrogen-bond acceptors (Lipinski definition) is 4. The van der Waals surface area contributed by atoms with E-state index in [1.807, 2.05) is 6.07 Å². The van der Waals surface area contributed by atoms with Gasteiger partial charge in [-0.05, 0) is 24.6 Å². The lowest BCUT2D eigenvalue weighted by Gasteiger charge is -2.11. The minimum atomic E-state index is 0.121. The van der Waals surface area contributed by atoms with E-state index < -0.39 is 0 Å². The van der Waals surface area contributed by atoms with Crippen LogP contribution in [0.3, 0.4) is 0 Å². The van der Waals surface area contributed by atoms with Crippen LogP contribution in [-0.4, -0.2) is 5.11 Å². The minimum absolute atomic E-state index is 0.121. The first-order valence-electron chi connectivity index (χ1n) is 5.87. The third kappa shape index (κ3) is 3.14. The Morgan fingerprint density at radius 1 is 1.25 bits per heavy atom. The Balaban J connectivity index is 2.17. The van der Waals surface area contributed by atoms with Gasteiger partial charge in [0.2, 0.25) is 0 Å². The number of phenols is 1. The maximum absolute atomic E-state index is 9.53. The van der Waals surface area contributed by atoms with E-state index in [1.165, 1.54) is 6.07 Å². The molecule has 0 bridgehead atoms. The number of aromatic hydroxyl groups is 1. The van der Waals surface area contributed by atoms with Gasteiger partial charge in [0.1, 0.15) is 23.9 Å². The second kappa shape index (κ2) is 6.18. The molecule has 0 aromatic heterocycles. The van der Waals surface area contributed by atoms with E-state index in [9.17, 15) is 5.11 Å². The van der Waals surface area contributed by atoms with E-state index in [-0.39, 0.29) is 12.4 Å². The SMILES string of the molecule is Cc1cc(OCc2ccccc2OC#N)c(Cl)cc1O. The number of nitrogens with zero attached hydrogens (tertiary/aromatic N) is 1. The molecule has 0 spiro atoms. The van der Waals surface area contributed by atoms with Gasteiger partial charge in [0.05, 0.1) is 5.02 Å². The number of benzene rings is 2. The molecule has 0 radical (unpaired) electrons. The van der Waals surface area contributed by atoms with Crippen molar-refractivity contribution >= 4 is 11.6 Å². The maximum atomic E-state index is 9.53. The van der Waals surface area contributed by atoms with Crippen LogP contribution < -0.4 is 9.47 Å². The average Bonchev–Trinajstić information content (AvgIpc) is 2.43. The lowest BCUT2D eigenvalue weighted by Crippen LogP contribution is -1.99. The van der Waals surface area contributed by atoms with E-state index in [0.29, 0.717) is 22.1 Å². The lowest BCUT2D eigenvalue weighted by atomic mass is 10.2. The smallest absolute Gasteiger partial charge is 0.292 e. The second-order valence-electron chi connectivity index (χ2n) is 4.16. The Morgan fingerprint density at radius 2 is 2.00 bits per heavy atom. The van der Waals surface area contributed by atoms with Gasteiger partial charge >= 0.3 is 0 Å². The molecule has 20 heavy (non-hydrogen) atoms. The first-order chi connectivity index (χ1) is 9.61. The summed E-state index contributed by atoms with van der Waals surface area (Å²) in [5.74, 6) is 1.03. The zero-order valence-corrected chi connectivity index (χ0v) is 11.5. The summed E-state index contributed by atoms with van der Waals surface area (Å²) in [5, 5.41) is 18.4. The number of halogens is 1. The third-order valence-corrected chi connectivity index (χ3v) is 3.06. The predicted octanol–water partition coefficient (Wildman–Crippen LogP) is 3.79. The molecular weight excluding hydrogens is 278 g/mol. The molecule has 0 aliphatic heterocycles. The molecule has 0 saturated carbocycles. The molecule has 2 aromatic rings. The van der Waals surface area contributed by atoms with Gasteiger partial charge in [-0.1, -0.05) is 29.8 Å². The number of para-hydroxylation sites is 1. The molecule has 2 aromatic carbocycles. The van der Waals surface area contributed by atoms with Crippen molar-refractivity contribution in [2.45, 2.75) is 13.5 Å². The summed E-state index contributed by atoms with van der Waals surface area (Å²) in [5.41, 5.74) is 1.40. The lowest BCUT2D eigenvalue weighted by molar-refractivity contribution is 0.300. The fraction of sp³-hybridized carbons (Fsp3) is 0.133. The van der Waals surface area contributed by atoms with Crippen molar-refractivity contribution < 1.29 is 14.6 Å². The predicted molar refractivity (Wildman–Crippen MR) is 74.9 cm³/mol. The minimum Gasteiger partial charge on any atom is -0.508 e. The first kappa shape index (κ1) is 14.0. The standard InChI is InChI=1S/C15H12ClNO3/c1-10-6-15(12(16)7-13(10)18)19-8-11-4-2-3-5-14(11)20-9-17/h2-7,18H,8H2,1H3. The number of aryl methyl sites for hydroxylation is 1. The quantitative estimate of drug-likeness (QED) is 0.870. The number of hydrogen-bond donors (Lipinski definition) is 1. The van der Waals surface area contributed by atoms with Crippen molar-refractivity contribution in [2.75, 3.05) is 0 Å². The molecule has 2 rings (SSSR count). The number of ether oxygens (including phenoxy) is 2. The number of nitriles is 1. The summed E-state index contributed by atoms with van der Waals surface area (Å²) in [6, 6.07) is 10.2. The first-order valence-corrected chi connectivity index (χ1v) is 6.25. The monoisotopic (exact) mass is 289 g/mol. The van der Waals surface area contributed by atoms with E-state index in [0.717, 1.165) is 5.56 Å². The Bertz CT molecular complexity index is 665. The van der Waals surface area contributed by atoms with Gasteiger partial charge < -0.3 is 14.6 Å². The van der Waals surface area contributed by atoms with Crippen LogP contribution in [-0.2, 0) is 6.61 Å². The molecule has 1 N–H and O–H groups in total. The molecule has 0 fully saturated rings. The molecule has 5 heteroatoms. The molecule has 0 aliphatic carbocycles. The van der Waals surface area contributed by atoms with Gasteiger partial charge in [-0.25, -0.2) is 0 Å². The maximum Gasteiger partial charge on any atom is 0.292 e. The van der Waals surface area contributed by atoms with Crippen LogP contribution in [0.25, 0.3) is 0 Å². The zero-order valence-electron chi connectivity index (χ0n) is 10.8. The Hall–Kier alpha value is -2.38. The largest absolute Gasteiger partial charge is 0.508 e. The van der Waals surface area contributed by atoms with Gasteiger partial charge in [-0.2, -0.15) is 0 Å². The van der Waals surface area contributed by atoms with Gasteiger partial charge in [-0.15, -0.1) is 5.26 Å². The second-order valence-corrected chi connectivity index (χ2v) is 4.57. The molecule has 0 heterocycles. The van der Waals surface area contributed by atoms with Crippen molar-refractivity contribution in [3.05, 3.63) is 52.5 Å². The highest BCUT2D eigenvalue weighted by Crippen LogP contribution is 2.32. The van der Waals surface area contributed by atoms with Crippen LogP contribution >= 0.6 is 11.6 Å². The van der Waals surface area contributed by atoms with Crippen LogP contribution in [0.5, 0.6) is 17.2 Å². The molecule has 102 valence electrons. The van der Waals surface area contributed by atoms with E-state index in [2.05, 4.69) is 0 Å². The van der Waals surface area contributed by atoms with Gasteiger partial charge in [0, 0.05) is 11.6 Å². The summed E-state index contributed by atoms with van der Waals surface area (Å²) in [6.07, 6.45) is 1.64. The molecule has 0 unspecified atom stereocenters. The summed E-state index contributed by atoms with van der Waals surface area (Å²) < 4.78 is 10.5. The Labute approximate surface area is 121 Å². The van der Waals surface area contributed by atoms with Crippen LogP contribution in [0.15, 0.2) is 36.4 Å². The molecule has 0 saturated heterocycles. The summed E-state index contributed by atoms with van der Waals surface area (Å²) in [4.78, 5) is 0. The van der Waals surface area contributed by atoms with Crippen molar-refractivity contribution in [3.63, 3.8) is 0 Å². The van der Waals surface area contributed by atoms with Crippen LogP contribution in [0.1, 0.15) is 11.1 Å². The highest BCUT2D eigenvalue weighted by molar-refractivity contribution is 6.32.